The molecule has 62 valence electrons. The summed E-state index contributed by atoms with van der Waals surface area (Å²) in [6.45, 7) is 0. The minimum Gasteiger partial charge on any atom is -0.369 e. The molecule has 1 aliphatic heterocycles. The first-order chi connectivity index (χ1) is 4.93. The molecule has 0 fully saturated rings. The summed E-state index contributed by atoms with van der Waals surface area (Å²) in [6, 6.07) is 0. The third-order valence-electron chi connectivity index (χ3n) is 1.11. The molecule has 0 saturated carbocycles. The fourth-order valence-corrected chi connectivity index (χ4v) is 1.18. The Hall–Kier alpha value is -1.31. The van der Waals surface area contributed by atoms with E-state index >= 15 is 0 Å². The quantitative estimate of drug-likeness (QED) is 0.437. The fourth-order valence-electron chi connectivity index (χ4n) is 0.506. The highest BCUT2D eigenvalue weighted by Crippen LogP contribution is 2.03. The molecule has 0 aromatic heterocycles. The highest BCUT2D eigenvalue weighted by Gasteiger charge is 2.23. The van der Waals surface area contributed by atoms with Crippen LogP contribution in [0.1, 0.15) is 0 Å². The molecule has 1 rings (SSSR count). The van der Waals surface area contributed by atoms with Gasteiger partial charge in [-0.05, 0) is 0 Å². The van der Waals surface area contributed by atoms with Gasteiger partial charge in [-0.25, -0.2) is 4.31 Å². The highest BCUT2D eigenvalue weighted by molar-refractivity contribution is 7.88. The number of guanidine groups is 2. The van der Waals surface area contributed by atoms with E-state index in [0.717, 1.165) is 4.31 Å². The molecule has 0 atom stereocenters. The van der Waals surface area contributed by atoms with Crippen LogP contribution in [0.4, 0.5) is 0 Å². The third-order valence-corrected chi connectivity index (χ3v) is 2.40. The highest BCUT2D eigenvalue weighted by atomic mass is 32.2. The summed E-state index contributed by atoms with van der Waals surface area (Å²) < 4.78 is 25.6. The summed E-state index contributed by atoms with van der Waals surface area (Å²) in [5, 5.41) is 0. The Bertz CT molecular complexity index is 328. The van der Waals surface area contributed by atoms with Gasteiger partial charge >= 0.3 is 10.2 Å². The van der Waals surface area contributed by atoms with Crippen molar-refractivity contribution in [1.29, 1.82) is 0 Å². The van der Waals surface area contributed by atoms with Crippen LogP contribution >= 0.6 is 0 Å². The average Bonchev–Trinajstić information content (AvgIpc) is 1.81. The van der Waals surface area contributed by atoms with E-state index in [-0.39, 0.29) is 11.9 Å². The second-order valence-electron chi connectivity index (χ2n) is 1.86. The van der Waals surface area contributed by atoms with Gasteiger partial charge in [0.2, 0.25) is 11.9 Å². The molecule has 0 spiro atoms. The molecule has 0 bridgehead atoms. The van der Waals surface area contributed by atoms with Gasteiger partial charge < -0.3 is 11.5 Å². The van der Waals surface area contributed by atoms with Gasteiger partial charge in [0.25, 0.3) is 0 Å². The Labute approximate surface area is 63.6 Å². The lowest BCUT2D eigenvalue weighted by molar-refractivity contribution is 0.551. The van der Waals surface area contributed by atoms with E-state index in [1.54, 1.807) is 0 Å². The first-order valence-electron chi connectivity index (χ1n) is 2.62. The molecule has 0 aliphatic carbocycles. The van der Waals surface area contributed by atoms with Crippen LogP contribution < -0.4 is 11.5 Å². The first-order valence-corrected chi connectivity index (χ1v) is 4.01. The lowest BCUT2D eigenvalue weighted by atomic mass is 10.9. The van der Waals surface area contributed by atoms with E-state index in [1.165, 1.54) is 7.05 Å². The molecule has 1 aliphatic rings. The topological polar surface area (TPSA) is 114 Å². The first kappa shape index (κ1) is 7.79. The molecular formula is C3H7N5O2S. The molecule has 11 heavy (non-hydrogen) atoms. The van der Waals surface area contributed by atoms with Crippen molar-refractivity contribution in [2.75, 3.05) is 7.05 Å². The third kappa shape index (κ3) is 1.24. The maximum atomic E-state index is 10.9. The Morgan fingerprint density at radius 2 is 2.00 bits per heavy atom. The van der Waals surface area contributed by atoms with Crippen molar-refractivity contribution in [3.05, 3.63) is 0 Å². The normalized spacial score (nSPS) is 22.5. The zero-order chi connectivity index (χ0) is 8.65. The molecule has 0 saturated heterocycles. The van der Waals surface area contributed by atoms with Gasteiger partial charge in [-0.15, -0.1) is 4.40 Å². The van der Waals surface area contributed by atoms with Crippen molar-refractivity contribution < 1.29 is 8.42 Å². The molecule has 1 heterocycles. The predicted molar refractivity (Wildman–Crippen MR) is 39.9 cm³/mol. The van der Waals surface area contributed by atoms with Gasteiger partial charge in [-0.3, -0.25) is 0 Å². The van der Waals surface area contributed by atoms with Gasteiger partial charge in [0, 0.05) is 7.05 Å². The molecule has 0 aromatic carbocycles. The Morgan fingerprint density at radius 3 is 2.45 bits per heavy atom. The summed E-state index contributed by atoms with van der Waals surface area (Å²) in [6.07, 6.45) is 0. The number of hydrogen-bond donors (Lipinski definition) is 2. The van der Waals surface area contributed by atoms with Crippen LogP contribution in [0.25, 0.3) is 0 Å². The summed E-state index contributed by atoms with van der Waals surface area (Å²) in [5.41, 5.74) is 10.2. The Kier molecular flexibility index (Phi) is 1.48. The standard InChI is InChI=1S/C3H7N5O2S/c1-8-3(5)6-2(4)7-11(8,9)10/h1H3,(H4,4,5,6,7). The van der Waals surface area contributed by atoms with Gasteiger partial charge in [0.15, 0.2) is 0 Å². The van der Waals surface area contributed by atoms with E-state index in [4.69, 9.17) is 11.5 Å². The second kappa shape index (κ2) is 2.09. The van der Waals surface area contributed by atoms with E-state index in [9.17, 15) is 8.42 Å². The van der Waals surface area contributed by atoms with E-state index in [1.807, 2.05) is 0 Å². The average molecular weight is 177 g/mol. The molecule has 0 unspecified atom stereocenters. The smallest absolute Gasteiger partial charge is 0.350 e. The molecule has 0 radical (unpaired) electrons. The van der Waals surface area contributed by atoms with Crippen molar-refractivity contribution in [1.82, 2.24) is 4.31 Å². The number of hydrogen-bond acceptors (Lipinski definition) is 5. The van der Waals surface area contributed by atoms with Crippen molar-refractivity contribution in [3.8, 4) is 0 Å². The number of nitrogens with two attached hydrogens (primary N) is 2. The van der Waals surface area contributed by atoms with Gasteiger partial charge in [-0.2, -0.15) is 13.4 Å². The van der Waals surface area contributed by atoms with Crippen LogP contribution in [-0.2, 0) is 10.2 Å². The van der Waals surface area contributed by atoms with Crippen LogP contribution in [0.3, 0.4) is 0 Å². The van der Waals surface area contributed by atoms with Crippen molar-refractivity contribution in [2.24, 2.45) is 20.9 Å². The van der Waals surface area contributed by atoms with Crippen molar-refractivity contribution in [3.63, 3.8) is 0 Å². The molecule has 0 aromatic rings. The van der Waals surface area contributed by atoms with Crippen LogP contribution in [0.5, 0.6) is 0 Å². The van der Waals surface area contributed by atoms with Crippen LogP contribution in [0, 0.1) is 0 Å². The van der Waals surface area contributed by atoms with Crippen LogP contribution in [-0.4, -0.2) is 31.7 Å². The maximum absolute atomic E-state index is 10.9. The van der Waals surface area contributed by atoms with E-state index in [0.29, 0.717) is 0 Å². The number of rotatable bonds is 0. The summed E-state index contributed by atoms with van der Waals surface area (Å²) in [7, 11) is -2.48. The predicted octanol–water partition coefficient (Wildman–Crippen LogP) is -2.19. The van der Waals surface area contributed by atoms with E-state index in [2.05, 4.69) is 9.39 Å². The zero-order valence-corrected chi connectivity index (χ0v) is 6.54. The number of aliphatic imine (C=N–C) groups is 1. The zero-order valence-electron chi connectivity index (χ0n) is 5.72. The maximum Gasteiger partial charge on any atom is 0.350 e. The molecule has 0 amide bonds. The van der Waals surface area contributed by atoms with Crippen LogP contribution in [0.2, 0.25) is 0 Å². The molecular weight excluding hydrogens is 170 g/mol. The molecule has 4 N–H and O–H groups in total. The largest absolute Gasteiger partial charge is 0.369 e. The monoisotopic (exact) mass is 177 g/mol. The Morgan fingerprint density at radius 1 is 1.45 bits per heavy atom. The van der Waals surface area contributed by atoms with Crippen molar-refractivity contribution in [2.45, 2.75) is 0 Å². The fraction of sp³-hybridized carbons (Fsp3) is 0.333. The Balaban J connectivity index is 3.22. The number of nitrogens with zero attached hydrogens (tertiary/aromatic N) is 3. The summed E-state index contributed by atoms with van der Waals surface area (Å²) >= 11 is 0. The van der Waals surface area contributed by atoms with E-state index < -0.39 is 10.2 Å². The van der Waals surface area contributed by atoms with Gasteiger partial charge in [0.05, 0.1) is 0 Å². The molecule has 7 nitrogen and oxygen atoms in total. The lowest BCUT2D eigenvalue weighted by Crippen LogP contribution is -2.42. The van der Waals surface area contributed by atoms with Crippen LogP contribution in [0.15, 0.2) is 9.39 Å². The SMILES string of the molecule is CN1C(N)=NC(N)=NS1(=O)=O. The summed E-state index contributed by atoms with van der Waals surface area (Å²) in [5.74, 6) is -0.530. The lowest BCUT2D eigenvalue weighted by Gasteiger charge is -2.17. The summed E-state index contributed by atoms with van der Waals surface area (Å²) in [4.78, 5) is 3.43. The van der Waals surface area contributed by atoms with Crippen molar-refractivity contribution >= 4 is 22.1 Å². The second-order valence-corrected chi connectivity index (χ2v) is 3.49. The van der Waals surface area contributed by atoms with Gasteiger partial charge in [0.1, 0.15) is 0 Å². The minimum absolute atomic E-state index is 0.183. The minimum atomic E-state index is -3.72. The van der Waals surface area contributed by atoms with Gasteiger partial charge in [-0.1, -0.05) is 0 Å². The molecule has 8 heteroatoms.